The van der Waals surface area contributed by atoms with E-state index < -0.39 is 0 Å². The van der Waals surface area contributed by atoms with Gasteiger partial charge in [-0.3, -0.25) is 4.79 Å². The highest BCUT2D eigenvalue weighted by Gasteiger charge is 2.39. The van der Waals surface area contributed by atoms with E-state index in [9.17, 15) is 9.59 Å². The molecule has 0 unspecified atom stereocenters. The fraction of sp³-hybridized carbons (Fsp3) is 0.412. The molecule has 0 radical (unpaired) electrons. The number of esters is 1. The number of hydrogen-bond donors (Lipinski definition) is 1. The average Bonchev–Trinajstić information content (AvgIpc) is 2.91. The molecule has 2 aliphatic rings. The predicted molar refractivity (Wildman–Crippen MR) is 85.5 cm³/mol. The smallest absolute Gasteiger partial charge is 0.336 e. The topological polar surface area (TPSA) is 55.4 Å². The number of rotatable bonds is 2. The van der Waals surface area contributed by atoms with Gasteiger partial charge in [0.2, 0.25) is 0 Å². The van der Waals surface area contributed by atoms with Crippen molar-refractivity contribution in [2.45, 2.75) is 39.0 Å². The first-order valence-corrected chi connectivity index (χ1v) is 8.29. The first kappa shape index (κ1) is 15.0. The van der Waals surface area contributed by atoms with Crippen LogP contribution >= 0.6 is 11.3 Å². The van der Waals surface area contributed by atoms with E-state index in [0.717, 1.165) is 40.2 Å². The van der Waals surface area contributed by atoms with E-state index in [1.54, 1.807) is 11.3 Å². The number of ketones is 1. The zero-order valence-electron chi connectivity index (χ0n) is 13.0. The Balaban J connectivity index is 2.21. The molecular formula is C17H19NO3S. The second-order valence-corrected chi connectivity index (χ2v) is 6.67. The quantitative estimate of drug-likeness (QED) is 0.851. The summed E-state index contributed by atoms with van der Waals surface area (Å²) in [6.45, 7) is 3.90. The molecule has 0 bridgehead atoms. The summed E-state index contributed by atoms with van der Waals surface area (Å²) in [7, 11) is 1.38. The Morgan fingerprint density at radius 1 is 1.36 bits per heavy atom. The predicted octanol–water partition coefficient (Wildman–Crippen LogP) is 3.20. The van der Waals surface area contributed by atoms with E-state index in [4.69, 9.17) is 4.74 Å². The molecule has 5 heteroatoms. The van der Waals surface area contributed by atoms with Crippen LogP contribution in [0.5, 0.6) is 0 Å². The first-order chi connectivity index (χ1) is 10.5. The zero-order chi connectivity index (χ0) is 15.9. The number of nitrogens with one attached hydrogen (secondary N) is 1. The van der Waals surface area contributed by atoms with Gasteiger partial charge in [-0.05, 0) is 43.7 Å². The van der Waals surface area contributed by atoms with E-state index in [0.29, 0.717) is 12.0 Å². The molecular weight excluding hydrogens is 298 g/mol. The van der Waals surface area contributed by atoms with Gasteiger partial charge < -0.3 is 10.1 Å². The van der Waals surface area contributed by atoms with E-state index >= 15 is 0 Å². The maximum absolute atomic E-state index is 12.5. The lowest BCUT2D eigenvalue weighted by molar-refractivity contribution is -0.136. The number of hydrogen-bond acceptors (Lipinski definition) is 5. The molecule has 1 aliphatic heterocycles. The summed E-state index contributed by atoms with van der Waals surface area (Å²) < 4.78 is 4.98. The SMILES string of the molecule is COC(=O)C1=C(C)NC2=C(C(=O)CCC2)[C@@H]1c1sccc1C. The van der Waals surface area contributed by atoms with Crippen LogP contribution in [-0.4, -0.2) is 18.9 Å². The number of methoxy groups -OCH3 is 1. The fourth-order valence-corrected chi connectivity index (χ4v) is 4.35. The molecule has 1 aromatic heterocycles. The van der Waals surface area contributed by atoms with Gasteiger partial charge in [0.1, 0.15) is 0 Å². The molecule has 0 fully saturated rings. The van der Waals surface area contributed by atoms with Crippen molar-refractivity contribution in [3.63, 3.8) is 0 Å². The number of carbonyl (C=O) groups excluding carboxylic acids is 2. The maximum Gasteiger partial charge on any atom is 0.336 e. The number of thiophene rings is 1. The molecule has 4 nitrogen and oxygen atoms in total. The normalized spacial score (nSPS) is 21.6. The summed E-state index contributed by atoms with van der Waals surface area (Å²) in [6.07, 6.45) is 2.27. The average molecular weight is 317 g/mol. The highest BCUT2D eigenvalue weighted by molar-refractivity contribution is 7.10. The summed E-state index contributed by atoms with van der Waals surface area (Å²) >= 11 is 1.59. The van der Waals surface area contributed by atoms with Crippen molar-refractivity contribution >= 4 is 23.1 Å². The molecule has 116 valence electrons. The third kappa shape index (κ3) is 2.29. The van der Waals surface area contributed by atoms with Crippen molar-refractivity contribution in [3.8, 4) is 0 Å². The lowest BCUT2D eigenvalue weighted by Crippen LogP contribution is -2.34. The monoisotopic (exact) mass is 317 g/mol. The van der Waals surface area contributed by atoms with Crippen LogP contribution in [0.15, 0.2) is 34.0 Å². The Morgan fingerprint density at radius 3 is 2.77 bits per heavy atom. The molecule has 0 saturated heterocycles. The molecule has 1 atom stereocenters. The van der Waals surface area contributed by atoms with Gasteiger partial charge in [-0.15, -0.1) is 11.3 Å². The zero-order valence-corrected chi connectivity index (χ0v) is 13.8. The van der Waals surface area contributed by atoms with Gasteiger partial charge in [-0.2, -0.15) is 0 Å². The number of ether oxygens (including phenoxy) is 1. The lowest BCUT2D eigenvalue weighted by atomic mass is 9.77. The summed E-state index contributed by atoms with van der Waals surface area (Å²) in [5.41, 5.74) is 4.18. The van der Waals surface area contributed by atoms with Gasteiger partial charge in [0.15, 0.2) is 5.78 Å². The molecule has 2 heterocycles. The van der Waals surface area contributed by atoms with E-state index in [1.165, 1.54) is 7.11 Å². The first-order valence-electron chi connectivity index (χ1n) is 7.41. The molecule has 0 spiro atoms. The molecule has 0 saturated carbocycles. The molecule has 1 aliphatic carbocycles. The summed E-state index contributed by atoms with van der Waals surface area (Å²) in [5.74, 6) is -0.523. The van der Waals surface area contributed by atoms with Gasteiger partial charge in [-0.25, -0.2) is 4.79 Å². The summed E-state index contributed by atoms with van der Waals surface area (Å²) in [5, 5.41) is 5.27. The molecule has 0 amide bonds. The van der Waals surface area contributed by atoms with E-state index in [-0.39, 0.29) is 17.7 Å². The fourth-order valence-electron chi connectivity index (χ4n) is 3.31. The van der Waals surface area contributed by atoms with E-state index in [1.807, 2.05) is 25.3 Å². The van der Waals surface area contributed by atoms with Gasteiger partial charge >= 0.3 is 5.97 Å². The minimum atomic E-state index is -0.368. The van der Waals surface area contributed by atoms with Crippen LogP contribution in [0.3, 0.4) is 0 Å². The van der Waals surface area contributed by atoms with Gasteiger partial charge in [0.05, 0.1) is 18.6 Å². The summed E-state index contributed by atoms with van der Waals surface area (Å²) in [4.78, 5) is 25.9. The van der Waals surface area contributed by atoms with Crippen LogP contribution in [0, 0.1) is 6.92 Å². The van der Waals surface area contributed by atoms with Crippen molar-refractivity contribution in [1.29, 1.82) is 0 Å². The third-order valence-corrected chi connectivity index (χ3v) is 5.43. The highest BCUT2D eigenvalue weighted by Crippen LogP contribution is 2.44. The van der Waals surface area contributed by atoms with Crippen molar-refractivity contribution in [2.75, 3.05) is 7.11 Å². The minimum Gasteiger partial charge on any atom is -0.466 e. The van der Waals surface area contributed by atoms with Gasteiger partial charge in [0.25, 0.3) is 0 Å². The van der Waals surface area contributed by atoms with Crippen LogP contribution in [-0.2, 0) is 14.3 Å². The van der Waals surface area contributed by atoms with Crippen molar-refractivity contribution in [3.05, 3.63) is 44.4 Å². The highest BCUT2D eigenvalue weighted by atomic mass is 32.1. The number of aryl methyl sites for hydroxylation is 1. The van der Waals surface area contributed by atoms with Gasteiger partial charge in [-0.1, -0.05) is 0 Å². The minimum absolute atomic E-state index is 0.139. The second kappa shape index (κ2) is 5.72. The standard InChI is InChI=1S/C17H19NO3S/c1-9-7-8-22-16(9)15-13(17(20)21-3)10(2)18-11-5-4-6-12(19)14(11)15/h7-8,15,18H,4-6H2,1-3H3/t15-/m1/s1. The van der Waals surface area contributed by atoms with Gasteiger partial charge in [0, 0.05) is 28.3 Å². The Bertz CT molecular complexity index is 711. The van der Waals surface area contributed by atoms with Crippen molar-refractivity contribution in [1.82, 2.24) is 5.32 Å². The number of allylic oxidation sites excluding steroid dienone is 3. The Labute approximate surface area is 133 Å². The van der Waals surface area contributed by atoms with Crippen molar-refractivity contribution in [2.24, 2.45) is 0 Å². The van der Waals surface area contributed by atoms with Crippen LogP contribution in [0.1, 0.15) is 42.5 Å². The number of carbonyl (C=O) groups is 2. The molecule has 1 aromatic rings. The van der Waals surface area contributed by atoms with Crippen molar-refractivity contribution < 1.29 is 14.3 Å². The Hall–Kier alpha value is -1.88. The molecule has 3 rings (SSSR count). The van der Waals surface area contributed by atoms with Crippen LogP contribution in [0.2, 0.25) is 0 Å². The third-order valence-electron chi connectivity index (χ3n) is 4.35. The second-order valence-electron chi connectivity index (χ2n) is 5.73. The number of dihydropyridines is 1. The van der Waals surface area contributed by atoms with E-state index in [2.05, 4.69) is 5.32 Å². The van der Waals surface area contributed by atoms with Crippen LogP contribution in [0.25, 0.3) is 0 Å². The number of Topliss-reactive ketones (excluding diaryl/α,β-unsaturated/α-hetero) is 1. The lowest BCUT2D eigenvalue weighted by Gasteiger charge is -2.33. The van der Waals surface area contributed by atoms with Crippen LogP contribution in [0.4, 0.5) is 0 Å². The van der Waals surface area contributed by atoms with Crippen LogP contribution < -0.4 is 5.32 Å². The molecule has 1 N–H and O–H groups in total. The molecule has 0 aromatic carbocycles. The Kier molecular flexibility index (Phi) is 3.91. The summed E-state index contributed by atoms with van der Waals surface area (Å²) in [6, 6.07) is 2.03. The maximum atomic E-state index is 12.5. The molecule has 22 heavy (non-hydrogen) atoms. The Morgan fingerprint density at radius 2 is 2.14 bits per heavy atom. The largest absolute Gasteiger partial charge is 0.466 e.